The first-order valence-corrected chi connectivity index (χ1v) is 13.4. The molecule has 192 valence electrons. The van der Waals surface area contributed by atoms with Crippen LogP contribution in [0.1, 0.15) is 44.8 Å². The Balaban J connectivity index is 1.41. The molecule has 3 aromatic carbocycles. The quantitative estimate of drug-likeness (QED) is 0.139. The summed E-state index contributed by atoms with van der Waals surface area (Å²) in [6, 6.07) is 20.9. The first-order valence-electron chi connectivity index (χ1n) is 12.2. The van der Waals surface area contributed by atoms with E-state index in [9.17, 15) is 14.9 Å². The molecule has 0 saturated carbocycles. The van der Waals surface area contributed by atoms with Crippen LogP contribution in [0.4, 0.5) is 16.4 Å². The molecule has 1 heterocycles. The number of non-ortho nitro benzene ring substituents is 1. The zero-order valence-electron chi connectivity index (χ0n) is 20.4. The number of para-hydroxylation sites is 1. The molecule has 0 fully saturated rings. The molecule has 0 saturated heterocycles. The molecule has 4 aromatic rings. The van der Waals surface area contributed by atoms with Crippen LogP contribution >= 0.6 is 22.9 Å². The Morgan fingerprint density at radius 2 is 1.84 bits per heavy atom. The van der Waals surface area contributed by atoms with Crippen molar-refractivity contribution in [2.24, 2.45) is 4.99 Å². The number of anilines is 1. The lowest BCUT2D eigenvalue weighted by Crippen LogP contribution is -2.14. The van der Waals surface area contributed by atoms with E-state index in [0.717, 1.165) is 42.5 Å². The zero-order valence-corrected chi connectivity index (χ0v) is 21.9. The molecule has 0 aliphatic heterocycles. The van der Waals surface area contributed by atoms with Gasteiger partial charge in [0.15, 0.2) is 0 Å². The second-order valence-corrected chi connectivity index (χ2v) is 10.4. The van der Waals surface area contributed by atoms with Crippen LogP contribution in [0.3, 0.4) is 0 Å². The fourth-order valence-electron chi connectivity index (χ4n) is 4.35. The Bertz CT molecular complexity index is 1500. The summed E-state index contributed by atoms with van der Waals surface area (Å²) in [6.45, 7) is 0.221. The highest BCUT2D eigenvalue weighted by Gasteiger charge is 2.25. The molecule has 1 aliphatic carbocycles. The Morgan fingerprint density at radius 1 is 1.08 bits per heavy atom. The van der Waals surface area contributed by atoms with E-state index < -0.39 is 4.92 Å². The van der Waals surface area contributed by atoms with E-state index in [0.29, 0.717) is 26.9 Å². The molecule has 0 bridgehead atoms. The number of aliphatic imine (C=N–C) groups is 1. The lowest BCUT2D eigenvalue weighted by molar-refractivity contribution is -0.384. The van der Waals surface area contributed by atoms with E-state index in [2.05, 4.69) is 5.32 Å². The average Bonchev–Trinajstić information content (AvgIpc) is 3.30. The highest BCUT2D eigenvalue weighted by atomic mass is 35.5. The molecule has 5 rings (SSSR count). The monoisotopic (exact) mass is 545 g/mol. The topological polar surface area (TPSA) is 93.8 Å². The van der Waals surface area contributed by atoms with Crippen LogP contribution in [-0.4, -0.2) is 17.0 Å². The summed E-state index contributed by atoms with van der Waals surface area (Å²) in [5.74, 6) is 0.400. The largest absolute Gasteiger partial charge is 0.488 e. The Labute approximate surface area is 228 Å². The van der Waals surface area contributed by atoms with E-state index in [1.54, 1.807) is 47.9 Å². The zero-order chi connectivity index (χ0) is 26.5. The minimum absolute atomic E-state index is 0.0267. The summed E-state index contributed by atoms with van der Waals surface area (Å²) in [4.78, 5) is 29.8. The number of fused-ring (bicyclic) bond motifs is 1. The van der Waals surface area contributed by atoms with Crippen molar-refractivity contribution in [2.45, 2.75) is 32.3 Å². The van der Waals surface area contributed by atoms with Gasteiger partial charge in [0.2, 0.25) is 0 Å². The molecule has 7 nitrogen and oxygen atoms in total. The van der Waals surface area contributed by atoms with E-state index in [1.165, 1.54) is 17.0 Å². The molecule has 0 unspecified atom stereocenters. The SMILES string of the molecule is O=C(Nc1ccccc1)c1c(N=Cc2cc(Cl)ccc2OCc2ccc([N+](=O)[O-])cc2)sc2c1CCCC2. The summed E-state index contributed by atoms with van der Waals surface area (Å²) >= 11 is 7.83. The van der Waals surface area contributed by atoms with Crippen molar-refractivity contribution in [3.63, 3.8) is 0 Å². The van der Waals surface area contributed by atoms with Crippen LogP contribution in [0.5, 0.6) is 5.75 Å². The fraction of sp³-hybridized carbons (Fsp3) is 0.172. The Kier molecular flexibility index (Phi) is 7.81. The number of aryl methyl sites for hydroxylation is 1. The van der Waals surface area contributed by atoms with E-state index >= 15 is 0 Å². The minimum atomic E-state index is -0.435. The maximum atomic E-state index is 13.4. The number of halogens is 1. The predicted octanol–water partition coefficient (Wildman–Crippen LogP) is 7.77. The molecule has 0 atom stereocenters. The van der Waals surface area contributed by atoms with Gasteiger partial charge in [-0.05, 0) is 79.3 Å². The van der Waals surface area contributed by atoms with Crippen molar-refractivity contribution in [2.75, 3.05) is 5.32 Å². The lowest BCUT2D eigenvalue weighted by Gasteiger charge is -2.13. The molecule has 1 amide bonds. The molecule has 1 aromatic heterocycles. The molecular formula is C29H24ClN3O4S. The first kappa shape index (κ1) is 25.6. The van der Waals surface area contributed by atoms with Gasteiger partial charge in [0.05, 0.1) is 10.5 Å². The Morgan fingerprint density at radius 3 is 2.61 bits per heavy atom. The number of carbonyl (C=O) groups excluding carboxylic acids is 1. The number of amides is 1. The smallest absolute Gasteiger partial charge is 0.269 e. The second kappa shape index (κ2) is 11.6. The summed E-state index contributed by atoms with van der Waals surface area (Å²) in [5, 5.41) is 15.1. The molecule has 0 spiro atoms. The molecule has 1 aliphatic rings. The third kappa shape index (κ3) is 5.93. The molecular weight excluding hydrogens is 522 g/mol. The lowest BCUT2D eigenvalue weighted by atomic mass is 9.95. The van der Waals surface area contributed by atoms with Gasteiger partial charge in [0.1, 0.15) is 17.4 Å². The van der Waals surface area contributed by atoms with Crippen molar-refractivity contribution in [1.29, 1.82) is 0 Å². The molecule has 9 heteroatoms. The summed E-state index contributed by atoms with van der Waals surface area (Å²) in [5.41, 5.74) is 3.93. The van der Waals surface area contributed by atoms with Gasteiger partial charge in [0.25, 0.3) is 11.6 Å². The number of thiophene rings is 1. The van der Waals surface area contributed by atoms with Crippen LogP contribution in [0.15, 0.2) is 77.8 Å². The van der Waals surface area contributed by atoms with Gasteiger partial charge in [-0.1, -0.05) is 29.8 Å². The number of hydrogen-bond acceptors (Lipinski definition) is 6. The standard InChI is InChI=1S/C29H24ClN3O4S/c30-21-12-15-25(37-18-19-10-13-23(14-11-19)33(35)36)20(16-21)17-31-29-27(24-8-4-5-9-26(24)38-29)28(34)32-22-6-2-1-3-7-22/h1-3,6-7,10-17H,4-5,8-9,18H2,(H,32,34). The summed E-state index contributed by atoms with van der Waals surface area (Å²) in [7, 11) is 0. The number of nitrogens with zero attached hydrogens (tertiary/aromatic N) is 2. The van der Waals surface area contributed by atoms with Crippen molar-refractivity contribution in [3.05, 3.63) is 115 Å². The molecule has 1 N–H and O–H groups in total. The van der Waals surface area contributed by atoms with Crippen LogP contribution in [0.2, 0.25) is 5.02 Å². The van der Waals surface area contributed by atoms with Crippen molar-refractivity contribution >= 4 is 51.4 Å². The van der Waals surface area contributed by atoms with Gasteiger partial charge < -0.3 is 10.1 Å². The second-order valence-electron chi connectivity index (χ2n) is 8.86. The van der Waals surface area contributed by atoms with Gasteiger partial charge in [-0.3, -0.25) is 14.9 Å². The van der Waals surface area contributed by atoms with Gasteiger partial charge in [0, 0.05) is 39.5 Å². The van der Waals surface area contributed by atoms with Crippen molar-refractivity contribution in [1.82, 2.24) is 0 Å². The first-order chi connectivity index (χ1) is 18.5. The summed E-state index contributed by atoms with van der Waals surface area (Å²) < 4.78 is 6.01. The minimum Gasteiger partial charge on any atom is -0.488 e. The number of carbonyl (C=O) groups is 1. The summed E-state index contributed by atoms with van der Waals surface area (Å²) in [6.07, 6.45) is 5.63. The fourth-order valence-corrected chi connectivity index (χ4v) is 5.76. The molecule has 0 radical (unpaired) electrons. The van der Waals surface area contributed by atoms with Crippen LogP contribution in [-0.2, 0) is 19.4 Å². The van der Waals surface area contributed by atoms with Gasteiger partial charge >= 0.3 is 0 Å². The third-order valence-electron chi connectivity index (χ3n) is 6.25. The van der Waals surface area contributed by atoms with Crippen LogP contribution in [0.25, 0.3) is 0 Å². The maximum Gasteiger partial charge on any atom is 0.269 e. The number of nitro benzene ring substituents is 1. The van der Waals surface area contributed by atoms with Crippen LogP contribution < -0.4 is 10.1 Å². The highest BCUT2D eigenvalue weighted by molar-refractivity contribution is 7.16. The normalized spacial score (nSPS) is 12.8. The van der Waals surface area contributed by atoms with Gasteiger partial charge in [-0.15, -0.1) is 11.3 Å². The van der Waals surface area contributed by atoms with Crippen molar-refractivity contribution < 1.29 is 14.5 Å². The number of benzene rings is 3. The van der Waals surface area contributed by atoms with E-state index in [-0.39, 0.29) is 18.2 Å². The van der Waals surface area contributed by atoms with Crippen LogP contribution in [0, 0.1) is 10.1 Å². The highest BCUT2D eigenvalue weighted by Crippen LogP contribution is 2.40. The van der Waals surface area contributed by atoms with E-state index in [4.69, 9.17) is 21.3 Å². The van der Waals surface area contributed by atoms with Gasteiger partial charge in [-0.2, -0.15) is 0 Å². The van der Waals surface area contributed by atoms with Crippen molar-refractivity contribution in [3.8, 4) is 5.75 Å². The number of hydrogen-bond donors (Lipinski definition) is 1. The van der Waals surface area contributed by atoms with E-state index in [1.807, 2.05) is 30.3 Å². The average molecular weight is 546 g/mol. The predicted molar refractivity (Wildman–Crippen MR) is 151 cm³/mol. The van der Waals surface area contributed by atoms with Gasteiger partial charge in [-0.25, -0.2) is 4.99 Å². The Hall–Kier alpha value is -4.01. The maximum absolute atomic E-state index is 13.4. The number of nitrogens with one attached hydrogen (secondary N) is 1. The molecule has 38 heavy (non-hydrogen) atoms. The number of rotatable bonds is 8. The number of ether oxygens (including phenoxy) is 1. The number of nitro groups is 1. The third-order valence-corrected chi connectivity index (χ3v) is 7.68.